The van der Waals surface area contributed by atoms with E-state index >= 15 is 0 Å². The van der Waals surface area contributed by atoms with Crippen molar-refractivity contribution >= 4 is 11.3 Å². The fraction of sp³-hybridized carbons (Fsp3) is 0.318. The molecule has 2 aliphatic rings. The summed E-state index contributed by atoms with van der Waals surface area (Å²) in [6.07, 6.45) is 1.96. The van der Waals surface area contributed by atoms with Crippen molar-refractivity contribution in [3.63, 3.8) is 0 Å². The van der Waals surface area contributed by atoms with Gasteiger partial charge < -0.3 is 14.7 Å². The molecule has 5 heteroatoms. The summed E-state index contributed by atoms with van der Waals surface area (Å²) >= 11 is 0. The fourth-order valence-electron chi connectivity index (χ4n) is 3.59. The highest BCUT2D eigenvalue weighted by atomic mass is 16.5. The molecule has 1 saturated heterocycles. The minimum atomic E-state index is 0.625. The first-order chi connectivity index (χ1) is 13.2. The molecule has 2 aromatic rings. The van der Waals surface area contributed by atoms with Gasteiger partial charge in [-0.2, -0.15) is 0 Å². The Hall–Kier alpha value is -2.63. The molecule has 2 aromatic carbocycles. The molecule has 0 N–H and O–H groups in total. The normalized spacial score (nSPS) is 18.8. The molecule has 0 aromatic heterocycles. The van der Waals surface area contributed by atoms with Crippen LogP contribution in [0.2, 0.25) is 0 Å². The zero-order valence-electron chi connectivity index (χ0n) is 15.6. The predicted octanol–water partition coefficient (Wildman–Crippen LogP) is 2.77. The minimum absolute atomic E-state index is 0.625. The lowest BCUT2D eigenvalue weighted by atomic mass is 9.99. The first-order valence-corrected chi connectivity index (χ1v) is 9.35. The maximum absolute atomic E-state index is 12.1. The monoisotopic (exact) mass is 364 g/mol. The van der Waals surface area contributed by atoms with Crippen LogP contribution in [0.4, 0.5) is 0 Å². The number of allylic oxidation sites excluding steroid dienone is 1. The summed E-state index contributed by atoms with van der Waals surface area (Å²) in [5.41, 5.74) is 4.84. The van der Waals surface area contributed by atoms with E-state index in [2.05, 4.69) is 23.1 Å². The van der Waals surface area contributed by atoms with Gasteiger partial charge in [-0.05, 0) is 34.9 Å². The van der Waals surface area contributed by atoms with Crippen LogP contribution < -0.4 is 4.74 Å². The molecule has 0 saturated carbocycles. The highest BCUT2D eigenvalue weighted by Gasteiger charge is 2.26. The van der Waals surface area contributed by atoms with Crippen LogP contribution >= 0.6 is 0 Å². The zero-order chi connectivity index (χ0) is 18.6. The first-order valence-electron chi connectivity index (χ1n) is 9.35. The molecule has 0 spiro atoms. The highest BCUT2D eigenvalue weighted by Crippen LogP contribution is 2.35. The summed E-state index contributed by atoms with van der Waals surface area (Å²) in [6, 6.07) is 16.2. The van der Waals surface area contributed by atoms with Crippen LogP contribution in [-0.4, -0.2) is 61.9 Å². The average Bonchev–Trinajstić information content (AvgIpc) is 3.09. The molecule has 0 atom stereocenters. The Morgan fingerprint density at radius 3 is 2.59 bits per heavy atom. The molecular weight excluding hydrogens is 340 g/mol. The summed E-state index contributed by atoms with van der Waals surface area (Å²) in [6.45, 7) is 5.00. The van der Waals surface area contributed by atoms with Gasteiger partial charge in [0.1, 0.15) is 19.4 Å². The predicted molar refractivity (Wildman–Crippen MR) is 106 cm³/mol. The Labute approximate surface area is 159 Å². The van der Waals surface area contributed by atoms with E-state index in [0.29, 0.717) is 12.3 Å². The van der Waals surface area contributed by atoms with Gasteiger partial charge in [-0.15, -0.1) is 0 Å². The molecule has 0 amide bonds. The van der Waals surface area contributed by atoms with Crippen LogP contribution in [0.3, 0.4) is 0 Å². The third-order valence-electron chi connectivity index (χ3n) is 5.04. The lowest BCUT2D eigenvalue weighted by Crippen LogP contribution is -2.38. The van der Waals surface area contributed by atoms with E-state index in [1.165, 1.54) is 7.05 Å². The van der Waals surface area contributed by atoms with Crippen molar-refractivity contribution in [3.8, 4) is 5.75 Å². The standard InChI is InChI=1S/C22H24N2O3/c1-23(25)22-16-20(17-5-3-2-4-6-17)19-8-7-18(15-21(19)22)27-14-11-24-9-12-26-13-10-24/h2-8,15-16H,9-14H2,1H3/b23-22+. The summed E-state index contributed by atoms with van der Waals surface area (Å²) in [5, 5.41) is 12.1. The second-order valence-corrected chi connectivity index (χ2v) is 6.82. The molecular formula is C22H24N2O3. The molecule has 4 rings (SSSR count). The lowest BCUT2D eigenvalue weighted by Gasteiger charge is -2.26. The van der Waals surface area contributed by atoms with Crippen molar-refractivity contribution in [2.75, 3.05) is 46.5 Å². The lowest BCUT2D eigenvalue weighted by molar-refractivity contribution is -0.421. The topological polar surface area (TPSA) is 47.8 Å². The quantitative estimate of drug-likeness (QED) is 0.465. The molecule has 0 unspecified atom stereocenters. The van der Waals surface area contributed by atoms with Gasteiger partial charge in [-0.3, -0.25) is 4.90 Å². The van der Waals surface area contributed by atoms with Gasteiger partial charge in [0.2, 0.25) is 5.71 Å². The van der Waals surface area contributed by atoms with Crippen LogP contribution in [0.15, 0.2) is 54.6 Å². The van der Waals surface area contributed by atoms with E-state index in [-0.39, 0.29) is 0 Å². The highest BCUT2D eigenvalue weighted by molar-refractivity contribution is 6.19. The Kier molecular flexibility index (Phi) is 5.23. The number of hydrogen-bond donors (Lipinski definition) is 0. The van der Waals surface area contributed by atoms with Gasteiger partial charge in [-0.25, -0.2) is 4.74 Å². The van der Waals surface area contributed by atoms with Gasteiger partial charge in [0.25, 0.3) is 0 Å². The number of fused-ring (bicyclic) bond motifs is 1. The van der Waals surface area contributed by atoms with Crippen molar-refractivity contribution in [2.24, 2.45) is 0 Å². The van der Waals surface area contributed by atoms with Crippen LogP contribution in [0.1, 0.15) is 16.7 Å². The molecule has 140 valence electrons. The van der Waals surface area contributed by atoms with Gasteiger partial charge in [-0.1, -0.05) is 30.3 Å². The van der Waals surface area contributed by atoms with E-state index in [1.54, 1.807) is 0 Å². The second kappa shape index (κ2) is 7.94. The molecule has 0 radical (unpaired) electrons. The zero-order valence-corrected chi connectivity index (χ0v) is 15.6. The first kappa shape index (κ1) is 17.8. The molecule has 1 heterocycles. The molecule has 1 aliphatic carbocycles. The summed E-state index contributed by atoms with van der Waals surface area (Å²) < 4.78 is 12.3. The van der Waals surface area contributed by atoms with Crippen molar-refractivity contribution < 1.29 is 14.2 Å². The second-order valence-electron chi connectivity index (χ2n) is 6.82. The number of benzene rings is 2. The largest absolute Gasteiger partial charge is 0.624 e. The van der Waals surface area contributed by atoms with Crippen LogP contribution in [0.5, 0.6) is 5.75 Å². The number of rotatable bonds is 5. The van der Waals surface area contributed by atoms with Gasteiger partial charge >= 0.3 is 0 Å². The van der Waals surface area contributed by atoms with Crippen LogP contribution in [0, 0.1) is 5.21 Å². The number of ether oxygens (including phenoxy) is 2. The van der Waals surface area contributed by atoms with Crippen molar-refractivity contribution in [1.29, 1.82) is 0 Å². The van der Waals surface area contributed by atoms with E-state index < -0.39 is 0 Å². The third kappa shape index (κ3) is 3.89. The van der Waals surface area contributed by atoms with E-state index in [1.807, 2.05) is 36.4 Å². The molecule has 1 fully saturated rings. The minimum Gasteiger partial charge on any atom is -0.624 e. The number of hydroxylamine groups is 1. The molecule has 1 aliphatic heterocycles. The molecule has 27 heavy (non-hydrogen) atoms. The van der Waals surface area contributed by atoms with Crippen molar-refractivity contribution in [1.82, 2.24) is 4.90 Å². The van der Waals surface area contributed by atoms with E-state index in [9.17, 15) is 5.21 Å². The third-order valence-corrected chi connectivity index (χ3v) is 5.04. The van der Waals surface area contributed by atoms with E-state index in [4.69, 9.17) is 9.47 Å². The Morgan fingerprint density at radius 2 is 1.85 bits per heavy atom. The van der Waals surface area contributed by atoms with Gasteiger partial charge in [0.15, 0.2) is 0 Å². The number of nitrogens with zero attached hydrogens (tertiary/aromatic N) is 2. The molecule has 5 nitrogen and oxygen atoms in total. The fourth-order valence-corrected chi connectivity index (χ4v) is 3.59. The summed E-state index contributed by atoms with van der Waals surface area (Å²) in [7, 11) is 1.54. The maximum Gasteiger partial charge on any atom is 0.219 e. The Balaban J connectivity index is 1.53. The van der Waals surface area contributed by atoms with Gasteiger partial charge in [0.05, 0.1) is 18.8 Å². The summed E-state index contributed by atoms with van der Waals surface area (Å²) in [5.74, 6) is 0.795. The number of morpholine rings is 1. The summed E-state index contributed by atoms with van der Waals surface area (Å²) in [4.78, 5) is 2.34. The van der Waals surface area contributed by atoms with Crippen molar-refractivity contribution in [2.45, 2.75) is 0 Å². The Morgan fingerprint density at radius 1 is 1.07 bits per heavy atom. The van der Waals surface area contributed by atoms with Gasteiger partial charge in [0, 0.05) is 25.7 Å². The maximum atomic E-state index is 12.1. The number of hydrogen-bond acceptors (Lipinski definition) is 4. The van der Waals surface area contributed by atoms with Crippen molar-refractivity contribution in [3.05, 3.63) is 76.5 Å². The smallest absolute Gasteiger partial charge is 0.219 e. The van der Waals surface area contributed by atoms with Crippen LogP contribution in [0.25, 0.3) is 5.57 Å². The van der Waals surface area contributed by atoms with Crippen LogP contribution in [-0.2, 0) is 4.74 Å². The SMILES string of the molecule is C/[N+]([O-])=C1/C=C(c2ccccc2)c2ccc(OCCN3CCOCC3)cc21. The average molecular weight is 364 g/mol. The van der Waals surface area contributed by atoms with E-state index in [0.717, 1.165) is 65.6 Å². The molecule has 0 bridgehead atoms. The Bertz CT molecular complexity index is 864.